The Bertz CT molecular complexity index is 376. The van der Waals surface area contributed by atoms with E-state index >= 15 is 0 Å². The van der Waals surface area contributed by atoms with Gasteiger partial charge in [-0.1, -0.05) is 0 Å². The van der Waals surface area contributed by atoms with E-state index in [1.54, 1.807) is 23.8 Å². The summed E-state index contributed by atoms with van der Waals surface area (Å²) in [6, 6.07) is -0.912. The van der Waals surface area contributed by atoms with E-state index in [1.165, 1.54) is 0 Å². The van der Waals surface area contributed by atoms with Gasteiger partial charge in [-0.15, -0.1) is 11.8 Å². The van der Waals surface area contributed by atoms with Gasteiger partial charge in [0.15, 0.2) is 0 Å². The summed E-state index contributed by atoms with van der Waals surface area (Å²) in [5, 5.41) is 12.2. The molecule has 1 saturated carbocycles. The number of urea groups is 1. The zero-order valence-electron chi connectivity index (χ0n) is 12.4. The molecule has 2 aliphatic rings. The molecule has 7 heteroatoms. The van der Waals surface area contributed by atoms with Crippen molar-refractivity contribution in [3.63, 3.8) is 0 Å². The summed E-state index contributed by atoms with van der Waals surface area (Å²) < 4.78 is 4.97. The summed E-state index contributed by atoms with van der Waals surface area (Å²) in [5.74, 6) is 0.0743. The van der Waals surface area contributed by atoms with Gasteiger partial charge in [0, 0.05) is 26.0 Å². The van der Waals surface area contributed by atoms with Gasteiger partial charge in [-0.2, -0.15) is 0 Å². The molecule has 1 saturated heterocycles. The highest BCUT2D eigenvalue weighted by atomic mass is 32.2. The van der Waals surface area contributed by atoms with Crippen LogP contribution in [-0.2, 0) is 9.53 Å². The van der Waals surface area contributed by atoms with Crippen LogP contribution in [0, 0.1) is 5.92 Å². The summed E-state index contributed by atoms with van der Waals surface area (Å²) >= 11 is 1.60. The summed E-state index contributed by atoms with van der Waals surface area (Å²) in [6.07, 6.45) is 5.07. The number of nitrogens with zero attached hydrogens (tertiary/aromatic N) is 1. The topological polar surface area (TPSA) is 78.9 Å². The Morgan fingerprint density at radius 3 is 2.71 bits per heavy atom. The minimum atomic E-state index is -0.902. The third-order valence-corrected chi connectivity index (χ3v) is 5.34. The van der Waals surface area contributed by atoms with Crippen molar-refractivity contribution in [2.45, 2.75) is 43.5 Å². The second kappa shape index (κ2) is 7.89. The van der Waals surface area contributed by atoms with Crippen LogP contribution in [0.25, 0.3) is 0 Å². The molecule has 0 aromatic heterocycles. The van der Waals surface area contributed by atoms with Crippen LogP contribution in [0.4, 0.5) is 4.79 Å². The molecule has 1 aliphatic carbocycles. The molecule has 1 heterocycles. The zero-order valence-corrected chi connectivity index (χ0v) is 13.2. The van der Waals surface area contributed by atoms with Crippen molar-refractivity contribution >= 4 is 23.8 Å². The van der Waals surface area contributed by atoms with Crippen molar-refractivity contribution in [3.05, 3.63) is 0 Å². The van der Waals surface area contributed by atoms with Crippen LogP contribution in [-0.4, -0.2) is 59.4 Å². The van der Waals surface area contributed by atoms with Crippen LogP contribution in [0.2, 0.25) is 0 Å². The molecule has 2 N–H and O–H groups in total. The number of unbranched alkanes of at least 4 members (excludes halogenated alkanes) is 2. The van der Waals surface area contributed by atoms with Crippen molar-refractivity contribution in [2.75, 3.05) is 26.0 Å². The molecule has 2 amide bonds. The molecule has 2 unspecified atom stereocenters. The average Bonchev–Trinajstić information content (AvgIpc) is 3.20. The standard InChI is InChI=1S/C14H24N2O4S/c1-20-8-4-2-3-7-15-14(19)16-11(13(17)18)9-21-12(16)10-5-6-10/h10-12H,2-9H2,1H3,(H,15,19)(H,17,18). The Morgan fingerprint density at radius 1 is 1.33 bits per heavy atom. The van der Waals surface area contributed by atoms with Crippen LogP contribution >= 0.6 is 11.8 Å². The first-order valence-corrected chi connectivity index (χ1v) is 8.59. The quantitative estimate of drug-likeness (QED) is 0.667. The maximum Gasteiger partial charge on any atom is 0.327 e. The fraction of sp³-hybridized carbons (Fsp3) is 0.857. The summed E-state index contributed by atoms with van der Waals surface area (Å²) in [6.45, 7) is 1.33. The lowest BCUT2D eigenvalue weighted by atomic mass is 10.2. The van der Waals surface area contributed by atoms with Crippen molar-refractivity contribution in [3.8, 4) is 0 Å². The van der Waals surface area contributed by atoms with Crippen molar-refractivity contribution in [2.24, 2.45) is 5.92 Å². The van der Waals surface area contributed by atoms with Crippen LogP contribution in [0.15, 0.2) is 0 Å². The van der Waals surface area contributed by atoms with Gasteiger partial charge in [0.1, 0.15) is 6.04 Å². The number of hydrogen-bond acceptors (Lipinski definition) is 4. The smallest absolute Gasteiger partial charge is 0.327 e. The number of carbonyl (C=O) groups is 2. The summed E-state index contributed by atoms with van der Waals surface area (Å²) in [7, 11) is 1.68. The lowest BCUT2D eigenvalue weighted by molar-refractivity contribution is -0.141. The number of carboxylic acid groups (broad SMARTS) is 1. The molecule has 1 aliphatic heterocycles. The first-order valence-electron chi connectivity index (χ1n) is 7.54. The Labute approximate surface area is 129 Å². The van der Waals surface area contributed by atoms with Gasteiger partial charge in [-0.3, -0.25) is 4.90 Å². The molecule has 6 nitrogen and oxygen atoms in total. The third-order valence-electron chi connectivity index (χ3n) is 3.88. The zero-order chi connectivity index (χ0) is 15.2. The van der Waals surface area contributed by atoms with Gasteiger partial charge in [0.2, 0.25) is 0 Å². The Kier molecular flexibility index (Phi) is 6.17. The first kappa shape index (κ1) is 16.4. The Hall–Kier alpha value is -0.950. The molecule has 0 bridgehead atoms. The number of methoxy groups -OCH3 is 1. The summed E-state index contributed by atoms with van der Waals surface area (Å²) in [5.41, 5.74) is 0. The van der Waals surface area contributed by atoms with Crippen LogP contribution in [0.1, 0.15) is 32.1 Å². The number of thioether (sulfide) groups is 1. The SMILES string of the molecule is COCCCCCNC(=O)N1C(C(=O)O)CSC1C1CC1. The number of ether oxygens (including phenoxy) is 1. The van der Waals surface area contributed by atoms with E-state index in [-0.39, 0.29) is 11.4 Å². The van der Waals surface area contributed by atoms with Crippen LogP contribution < -0.4 is 5.32 Å². The highest BCUT2D eigenvalue weighted by Gasteiger charge is 2.47. The van der Waals surface area contributed by atoms with Crippen molar-refractivity contribution in [1.29, 1.82) is 0 Å². The van der Waals surface area contributed by atoms with E-state index in [0.29, 0.717) is 18.2 Å². The number of rotatable bonds is 8. The Morgan fingerprint density at radius 2 is 2.10 bits per heavy atom. The van der Waals surface area contributed by atoms with E-state index in [4.69, 9.17) is 4.74 Å². The predicted octanol–water partition coefficient (Wildman–Crippen LogP) is 1.75. The lowest BCUT2D eigenvalue weighted by Gasteiger charge is -2.27. The van der Waals surface area contributed by atoms with Gasteiger partial charge in [-0.25, -0.2) is 9.59 Å². The van der Waals surface area contributed by atoms with Crippen LogP contribution in [0.5, 0.6) is 0 Å². The van der Waals surface area contributed by atoms with Gasteiger partial charge in [-0.05, 0) is 38.0 Å². The molecule has 0 aromatic carbocycles. The molecule has 21 heavy (non-hydrogen) atoms. The second-order valence-electron chi connectivity index (χ2n) is 5.61. The molecular formula is C14H24N2O4S. The maximum absolute atomic E-state index is 12.3. The summed E-state index contributed by atoms with van der Waals surface area (Å²) in [4.78, 5) is 25.2. The van der Waals surface area contributed by atoms with E-state index < -0.39 is 12.0 Å². The van der Waals surface area contributed by atoms with E-state index in [2.05, 4.69) is 5.32 Å². The average molecular weight is 316 g/mol. The fourth-order valence-corrected chi connectivity index (χ4v) is 4.18. The second-order valence-corrected chi connectivity index (χ2v) is 6.76. The monoisotopic (exact) mass is 316 g/mol. The fourth-order valence-electron chi connectivity index (χ4n) is 2.55. The minimum absolute atomic E-state index is 0.0413. The highest BCUT2D eigenvalue weighted by molar-refractivity contribution is 8.00. The first-order chi connectivity index (χ1) is 10.1. The molecular weight excluding hydrogens is 292 g/mol. The highest BCUT2D eigenvalue weighted by Crippen LogP contribution is 2.45. The van der Waals surface area contributed by atoms with E-state index in [0.717, 1.165) is 38.7 Å². The largest absolute Gasteiger partial charge is 0.480 e. The van der Waals surface area contributed by atoms with Gasteiger partial charge in [0.25, 0.3) is 0 Å². The number of aliphatic carboxylic acids is 1. The van der Waals surface area contributed by atoms with Crippen molar-refractivity contribution < 1.29 is 19.4 Å². The van der Waals surface area contributed by atoms with E-state index in [9.17, 15) is 14.7 Å². The molecule has 2 atom stereocenters. The van der Waals surface area contributed by atoms with E-state index in [1.807, 2.05) is 0 Å². The molecule has 0 spiro atoms. The molecule has 2 fully saturated rings. The van der Waals surface area contributed by atoms with Gasteiger partial charge >= 0.3 is 12.0 Å². The van der Waals surface area contributed by atoms with Gasteiger partial charge in [0.05, 0.1) is 5.37 Å². The predicted molar refractivity (Wildman–Crippen MR) is 81.4 cm³/mol. The molecule has 120 valence electrons. The van der Waals surface area contributed by atoms with Crippen LogP contribution in [0.3, 0.4) is 0 Å². The number of carboxylic acids is 1. The lowest BCUT2D eigenvalue weighted by Crippen LogP contribution is -2.50. The number of nitrogens with one attached hydrogen (secondary N) is 1. The minimum Gasteiger partial charge on any atom is -0.480 e. The van der Waals surface area contributed by atoms with Gasteiger partial charge < -0.3 is 15.2 Å². The molecule has 0 aromatic rings. The number of hydrogen-bond donors (Lipinski definition) is 2. The maximum atomic E-state index is 12.3. The van der Waals surface area contributed by atoms with Crippen molar-refractivity contribution in [1.82, 2.24) is 10.2 Å². The third kappa shape index (κ3) is 4.51. The molecule has 0 radical (unpaired) electrons. The molecule has 2 rings (SSSR count). The number of carbonyl (C=O) groups excluding carboxylic acids is 1. The Balaban J connectivity index is 1.78. The number of amides is 2. The normalized spacial score (nSPS) is 25.1.